The molecule has 1 aromatic rings. The van der Waals surface area contributed by atoms with Gasteiger partial charge >= 0.3 is 5.97 Å². The molecule has 2 rings (SSSR count). The largest absolute Gasteiger partial charge is 0.481 e. The highest BCUT2D eigenvalue weighted by molar-refractivity contribution is 5.93. The van der Waals surface area contributed by atoms with Gasteiger partial charge in [0.2, 0.25) is 5.91 Å². The average molecular weight is 299 g/mol. The number of nitrogens with zero attached hydrogens (tertiary/aromatic N) is 1. The van der Waals surface area contributed by atoms with Crippen LogP contribution >= 0.6 is 0 Å². The number of amides is 1. The van der Waals surface area contributed by atoms with Gasteiger partial charge in [-0.25, -0.2) is 0 Å². The molecule has 0 bridgehead atoms. The number of rotatable bonds is 6. The van der Waals surface area contributed by atoms with Gasteiger partial charge in [-0.3, -0.25) is 9.59 Å². The summed E-state index contributed by atoms with van der Waals surface area (Å²) in [6.07, 6.45) is 3.33. The average Bonchev–Trinajstić information content (AvgIpc) is 2.82. The van der Waals surface area contributed by atoms with Crippen LogP contribution in [0.4, 0.5) is 0 Å². The van der Waals surface area contributed by atoms with Gasteiger partial charge in [0.05, 0.1) is 12.0 Å². The smallest absolute Gasteiger partial charge is 0.316 e. The summed E-state index contributed by atoms with van der Waals surface area (Å²) in [6, 6.07) is 9.43. The zero-order chi connectivity index (χ0) is 16.3. The Bertz CT molecular complexity index is 596. The Kier molecular flexibility index (Phi) is 4.50. The Morgan fingerprint density at radius 2 is 2.09 bits per heavy atom. The number of allylic oxidation sites excluding steroid dienone is 1. The molecule has 0 saturated carbocycles. The van der Waals surface area contributed by atoms with E-state index in [9.17, 15) is 14.7 Å². The molecule has 0 aromatic heterocycles. The fourth-order valence-corrected chi connectivity index (χ4v) is 3.12. The van der Waals surface area contributed by atoms with Crippen LogP contribution in [-0.4, -0.2) is 28.4 Å². The molecule has 116 valence electrons. The first kappa shape index (κ1) is 16.0. The third-order valence-electron chi connectivity index (χ3n) is 4.55. The lowest BCUT2D eigenvalue weighted by molar-refractivity contribution is -0.148. The molecule has 0 unspecified atom stereocenters. The van der Waals surface area contributed by atoms with Crippen LogP contribution in [0.15, 0.2) is 55.6 Å². The number of benzene rings is 1. The predicted octanol–water partition coefficient (Wildman–Crippen LogP) is 3.04. The lowest BCUT2D eigenvalue weighted by Crippen LogP contribution is -2.37. The summed E-state index contributed by atoms with van der Waals surface area (Å²) in [5.74, 6) is -1.81. The van der Waals surface area contributed by atoms with Crippen molar-refractivity contribution in [1.82, 2.24) is 4.90 Å². The highest BCUT2D eigenvalue weighted by Gasteiger charge is 2.55. The van der Waals surface area contributed by atoms with E-state index in [1.807, 2.05) is 37.3 Å². The monoisotopic (exact) mass is 299 g/mol. The van der Waals surface area contributed by atoms with Crippen molar-refractivity contribution in [2.75, 3.05) is 6.54 Å². The first-order valence-corrected chi connectivity index (χ1v) is 7.31. The molecule has 0 aliphatic carbocycles. The van der Waals surface area contributed by atoms with Gasteiger partial charge in [-0.05, 0) is 18.9 Å². The molecule has 0 spiro atoms. The van der Waals surface area contributed by atoms with Crippen molar-refractivity contribution in [3.05, 3.63) is 61.2 Å². The maximum atomic E-state index is 12.8. The molecule has 1 aliphatic heterocycles. The van der Waals surface area contributed by atoms with Crippen LogP contribution in [0.5, 0.6) is 0 Å². The number of aliphatic carboxylic acids is 1. The molecular weight excluding hydrogens is 278 g/mol. The molecule has 0 radical (unpaired) electrons. The van der Waals surface area contributed by atoms with E-state index in [1.54, 1.807) is 11.0 Å². The van der Waals surface area contributed by atoms with Crippen LogP contribution in [0.3, 0.4) is 0 Å². The summed E-state index contributed by atoms with van der Waals surface area (Å²) < 4.78 is 0. The maximum absolute atomic E-state index is 12.8. The second kappa shape index (κ2) is 6.18. The second-order valence-electron chi connectivity index (χ2n) is 5.68. The van der Waals surface area contributed by atoms with Crippen LogP contribution in [-0.2, 0) is 9.59 Å². The van der Waals surface area contributed by atoms with E-state index < -0.39 is 17.3 Å². The van der Waals surface area contributed by atoms with Crippen molar-refractivity contribution in [3.63, 3.8) is 0 Å². The normalized spacial score (nSPS) is 25.8. The third kappa shape index (κ3) is 2.45. The van der Waals surface area contributed by atoms with Gasteiger partial charge in [0.25, 0.3) is 0 Å². The fourth-order valence-electron chi connectivity index (χ4n) is 3.12. The van der Waals surface area contributed by atoms with Gasteiger partial charge in [0.15, 0.2) is 0 Å². The van der Waals surface area contributed by atoms with Crippen molar-refractivity contribution in [2.45, 2.75) is 19.4 Å². The Morgan fingerprint density at radius 3 is 2.59 bits per heavy atom. The van der Waals surface area contributed by atoms with Gasteiger partial charge in [-0.1, -0.05) is 42.5 Å². The summed E-state index contributed by atoms with van der Waals surface area (Å²) >= 11 is 0. The Hall–Kier alpha value is -2.36. The standard InChI is InChI=1S/C18H21NO3/c1-4-9-15-16(20)19(12-18(15,5-2)17(21)22)13(3)14-10-7-6-8-11-14/h4-8,10-11,13,15H,1-2,9,12H2,3H3,(H,21,22)/t13-,15-,18-/m1/s1. The van der Waals surface area contributed by atoms with Crippen molar-refractivity contribution in [3.8, 4) is 0 Å². The summed E-state index contributed by atoms with van der Waals surface area (Å²) in [6.45, 7) is 9.38. The maximum Gasteiger partial charge on any atom is 0.316 e. The third-order valence-corrected chi connectivity index (χ3v) is 4.55. The van der Waals surface area contributed by atoms with E-state index in [0.29, 0.717) is 6.42 Å². The number of hydrogen-bond donors (Lipinski definition) is 1. The number of likely N-dealkylation sites (tertiary alicyclic amines) is 1. The lowest BCUT2D eigenvalue weighted by Gasteiger charge is -2.27. The molecule has 1 fully saturated rings. The number of carbonyl (C=O) groups is 2. The van der Waals surface area contributed by atoms with Gasteiger partial charge in [-0.2, -0.15) is 0 Å². The second-order valence-corrected chi connectivity index (χ2v) is 5.68. The quantitative estimate of drug-likeness (QED) is 0.821. The number of carbonyl (C=O) groups excluding carboxylic acids is 1. The summed E-state index contributed by atoms with van der Waals surface area (Å²) in [4.78, 5) is 26.2. The van der Waals surface area contributed by atoms with E-state index in [2.05, 4.69) is 13.2 Å². The SMILES string of the molecule is C=CC[C@@H]1C(=O)N([C@H](C)c2ccccc2)C[C@@]1(C=C)C(=O)O. The predicted molar refractivity (Wildman–Crippen MR) is 85.1 cm³/mol. The minimum absolute atomic E-state index is 0.138. The molecule has 4 nitrogen and oxygen atoms in total. The van der Waals surface area contributed by atoms with E-state index in [1.165, 1.54) is 6.08 Å². The molecule has 1 saturated heterocycles. The van der Waals surface area contributed by atoms with Crippen LogP contribution in [0.1, 0.15) is 24.9 Å². The van der Waals surface area contributed by atoms with Crippen molar-refractivity contribution < 1.29 is 14.7 Å². The van der Waals surface area contributed by atoms with Crippen LogP contribution in [0.25, 0.3) is 0 Å². The topological polar surface area (TPSA) is 57.6 Å². The van der Waals surface area contributed by atoms with E-state index in [4.69, 9.17) is 0 Å². The summed E-state index contributed by atoms with van der Waals surface area (Å²) in [7, 11) is 0. The van der Waals surface area contributed by atoms with Gasteiger partial charge in [0.1, 0.15) is 5.41 Å². The highest BCUT2D eigenvalue weighted by Crippen LogP contribution is 2.43. The molecule has 1 aromatic carbocycles. The lowest BCUT2D eigenvalue weighted by atomic mass is 9.76. The van der Waals surface area contributed by atoms with Gasteiger partial charge in [0, 0.05) is 6.54 Å². The van der Waals surface area contributed by atoms with E-state index >= 15 is 0 Å². The van der Waals surface area contributed by atoms with Crippen LogP contribution < -0.4 is 0 Å². The van der Waals surface area contributed by atoms with Gasteiger partial charge < -0.3 is 10.0 Å². The Morgan fingerprint density at radius 1 is 1.45 bits per heavy atom. The van der Waals surface area contributed by atoms with Crippen molar-refractivity contribution >= 4 is 11.9 Å². The van der Waals surface area contributed by atoms with Crippen molar-refractivity contribution in [1.29, 1.82) is 0 Å². The molecule has 1 heterocycles. The summed E-state index contributed by atoms with van der Waals surface area (Å²) in [5, 5.41) is 9.66. The summed E-state index contributed by atoms with van der Waals surface area (Å²) in [5.41, 5.74) is -0.271. The molecule has 4 heteroatoms. The van der Waals surface area contributed by atoms with E-state index in [0.717, 1.165) is 5.56 Å². The number of hydrogen-bond acceptors (Lipinski definition) is 2. The first-order valence-electron chi connectivity index (χ1n) is 7.31. The van der Waals surface area contributed by atoms with Crippen LogP contribution in [0, 0.1) is 11.3 Å². The molecule has 3 atom stereocenters. The van der Waals surface area contributed by atoms with Crippen LogP contribution in [0.2, 0.25) is 0 Å². The first-order chi connectivity index (χ1) is 10.5. The minimum atomic E-state index is -1.26. The van der Waals surface area contributed by atoms with Crippen molar-refractivity contribution in [2.24, 2.45) is 11.3 Å². The number of carboxylic acids is 1. The minimum Gasteiger partial charge on any atom is -0.481 e. The zero-order valence-electron chi connectivity index (χ0n) is 12.7. The Labute approximate surface area is 130 Å². The molecule has 1 amide bonds. The number of carboxylic acid groups (broad SMARTS) is 1. The van der Waals surface area contributed by atoms with Gasteiger partial charge in [-0.15, -0.1) is 13.2 Å². The fraction of sp³-hybridized carbons (Fsp3) is 0.333. The molecule has 1 aliphatic rings. The Balaban J connectivity index is 2.39. The molecule has 1 N–H and O–H groups in total. The zero-order valence-corrected chi connectivity index (χ0v) is 12.7. The highest BCUT2D eigenvalue weighted by atomic mass is 16.4. The van der Waals surface area contributed by atoms with E-state index in [-0.39, 0.29) is 18.5 Å². The molecular formula is C18H21NO3. The molecule has 22 heavy (non-hydrogen) atoms.